The molecule has 210 valence electrons. The first-order valence-electron chi connectivity index (χ1n) is 12.9. The number of carbonyl (C=O) groups is 1. The van der Waals surface area contributed by atoms with Crippen LogP contribution in [0.25, 0.3) is 6.08 Å². The summed E-state index contributed by atoms with van der Waals surface area (Å²) in [5.74, 6) is 1.22. The number of hydrogen-bond donors (Lipinski definition) is 1. The van der Waals surface area contributed by atoms with Gasteiger partial charge in [-0.25, -0.2) is 0 Å². The highest BCUT2D eigenvalue weighted by molar-refractivity contribution is 5.91. The number of nitrogens with zero attached hydrogens (tertiary/aromatic N) is 2. The normalized spacial score (nSPS) is 13.9. The van der Waals surface area contributed by atoms with E-state index in [0.717, 1.165) is 44.7 Å². The van der Waals surface area contributed by atoms with Crippen molar-refractivity contribution < 1.29 is 14.3 Å². The van der Waals surface area contributed by atoms with Gasteiger partial charge in [0.15, 0.2) is 11.5 Å². The summed E-state index contributed by atoms with van der Waals surface area (Å²) in [6.07, 6.45) is 4.27. The molecule has 0 aliphatic carbocycles. The van der Waals surface area contributed by atoms with E-state index in [2.05, 4.69) is 75.8 Å². The monoisotopic (exact) mass is 571 g/mol. The largest absolute Gasteiger partial charge is 0.493 e. The Balaban J connectivity index is 0.00000267. The average molecular weight is 573 g/mol. The van der Waals surface area contributed by atoms with Crippen molar-refractivity contribution in [2.24, 2.45) is 0 Å². The summed E-state index contributed by atoms with van der Waals surface area (Å²) in [5, 5.41) is 2.99. The van der Waals surface area contributed by atoms with Gasteiger partial charge in [-0.1, -0.05) is 66.7 Å². The van der Waals surface area contributed by atoms with Gasteiger partial charge in [0.2, 0.25) is 5.91 Å². The topological polar surface area (TPSA) is 54.0 Å². The number of nitrogens with one attached hydrogen (secondary N) is 1. The Labute approximate surface area is 244 Å². The molecule has 1 fully saturated rings. The molecule has 39 heavy (non-hydrogen) atoms. The molecular weight excluding hydrogens is 533 g/mol. The fourth-order valence-corrected chi connectivity index (χ4v) is 4.83. The number of piperazine rings is 1. The quantitative estimate of drug-likeness (QED) is 0.244. The third-order valence-corrected chi connectivity index (χ3v) is 6.79. The zero-order chi connectivity index (χ0) is 25.9. The highest BCUT2D eigenvalue weighted by Crippen LogP contribution is 2.30. The molecule has 1 saturated heterocycles. The average Bonchev–Trinajstić information content (AvgIpc) is 2.96. The minimum absolute atomic E-state index is 0. The van der Waals surface area contributed by atoms with E-state index in [9.17, 15) is 4.79 Å². The second-order valence-corrected chi connectivity index (χ2v) is 9.19. The van der Waals surface area contributed by atoms with Crippen molar-refractivity contribution in [3.63, 3.8) is 0 Å². The summed E-state index contributed by atoms with van der Waals surface area (Å²) in [7, 11) is 3.20. The van der Waals surface area contributed by atoms with Crippen LogP contribution < -0.4 is 14.8 Å². The van der Waals surface area contributed by atoms with Crippen molar-refractivity contribution in [1.82, 2.24) is 15.1 Å². The molecule has 3 aromatic carbocycles. The van der Waals surface area contributed by atoms with Gasteiger partial charge in [0.1, 0.15) is 0 Å². The summed E-state index contributed by atoms with van der Waals surface area (Å²) in [4.78, 5) is 17.3. The first-order valence-corrected chi connectivity index (χ1v) is 12.9. The van der Waals surface area contributed by atoms with Gasteiger partial charge in [-0.3, -0.25) is 9.69 Å². The first-order chi connectivity index (χ1) is 18.2. The summed E-state index contributed by atoms with van der Waals surface area (Å²) in [6, 6.07) is 27.4. The maximum absolute atomic E-state index is 12.3. The van der Waals surface area contributed by atoms with Crippen LogP contribution in [0.1, 0.15) is 29.2 Å². The fourth-order valence-electron chi connectivity index (χ4n) is 4.83. The van der Waals surface area contributed by atoms with Crippen LogP contribution in [-0.4, -0.2) is 69.2 Å². The molecule has 0 unspecified atom stereocenters. The predicted octanol–water partition coefficient (Wildman–Crippen LogP) is 5.47. The molecule has 0 bridgehead atoms. The lowest BCUT2D eigenvalue weighted by Crippen LogP contribution is -2.48. The van der Waals surface area contributed by atoms with Crippen molar-refractivity contribution >= 4 is 36.8 Å². The van der Waals surface area contributed by atoms with E-state index in [4.69, 9.17) is 9.47 Å². The van der Waals surface area contributed by atoms with Crippen molar-refractivity contribution in [3.8, 4) is 11.5 Å². The van der Waals surface area contributed by atoms with Crippen LogP contribution in [0.5, 0.6) is 11.5 Å². The van der Waals surface area contributed by atoms with E-state index in [1.165, 1.54) is 11.1 Å². The van der Waals surface area contributed by atoms with E-state index >= 15 is 0 Å². The van der Waals surface area contributed by atoms with Crippen molar-refractivity contribution in [3.05, 3.63) is 102 Å². The highest BCUT2D eigenvalue weighted by Gasteiger charge is 2.26. The second-order valence-electron chi connectivity index (χ2n) is 9.19. The van der Waals surface area contributed by atoms with Crippen LogP contribution in [0, 0.1) is 0 Å². The minimum Gasteiger partial charge on any atom is -0.493 e. The maximum Gasteiger partial charge on any atom is 0.243 e. The molecule has 3 aromatic rings. The van der Waals surface area contributed by atoms with Crippen molar-refractivity contribution in [1.29, 1.82) is 0 Å². The molecule has 1 aliphatic rings. The molecular formula is C31H39Cl2N3O3. The van der Waals surface area contributed by atoms with E-state index in [0.29, 0.717) is 18.0 Å². The van der Waals surface area contributed by atoms with Gasteiger partial charge in [0.25, 0.3) is 0 Å². The SMILES string of the molecule is COc1ccc(/C=C/C(=O)NCCCN2CCN(C(c3ccccc3)c3ccccc3)CC2)cc1OC.Cl.Cl. The third-order valence-electron chi connectivity index (χ3n) is 6.79. The number of amides is 1. The van der Waals surface area contributed by atoms with Gasteiger partial charge in [0, 0.05) is 38.8 Å². The summed E-state index contributed by atoms with van der Waals surface area (Å²) in [6.45, 7) is 5.75. The van der Waals surface area contributed by atoms with Crippen LogP contribution in [0.3, 0.4) is 0 Å². The zero-order valence-electron chi connectivity index (χ0n) is 22.6. The molecule has 1 heterocycles. The molecule has 6 nitrogen and oxygen atoms in total. The van der Waals surface area contributed by atoms with Gasteiger partial charge in [-0.2, -0.15) is 0 Å². The van der Waals surface area contributed by atoms with E-state index in [-0.39, 0.29) is 36.8 Å². The summed E-state index contributed by atoms with van der Waals surface area (Å²) >= 11 is 0. The summed E-state index contributed by atoms with van der Waals surface area (Å²) < 4.78 is 10.6. The Morgan fingerprint density at radius 1 is 0.846 bits per heavy atom. The lowest BCUT2D eigenvalue weighted by Gasteiger charge is -2.39. The zero-order valence-corrected chi connectivity index (χ0v) is 24.3. The van der Waals surface area contributed by atoms with E-state index < -0.39 is 0 Å². The standard InChI is InChI=1S/C31H37N3O3.2ClH/c1-36-28-16-14-25(24-29(28)37-2)15-17-30(35)32-18-9-19-33-20-22-34(23-21-33)31(26-10-5-3-6-11-26)27-12-7-4-8-13-27;;/h3-8,10-17,24,31H,9,18-23H2,1-2H3,(H,32,35);2*1H/b17-15+;;. The Morgan fingerprint density at radius 2 is 1.44 bits per heavy atom. The van der Waals surface area contributed by atoms with Gasteiger partial charge < -0.3 is 19.7 Å². The molecule has 8 heteroatoms. The first kappa shape index (κ1) is 32.2. The van der Waals surface area contributed by atoms with E-state index in [1.54, 1.807) is 26.4 Å². The van der Waals surface area contributed by atoms with Crippen LogP contribution in [0.15, 0.2) is 84.9 Å². The molecule has 0 saturated carbocycles. The van der Waals surface area contributed by atoms with Crippen molar-refractivity contribution in [2.75, 3.05) is 53.5 Å². The lowest BCUT2D eigenvalue weighted by atomic mass is 9.96. The molecule has 0 aromatic heterocycles. The molecule has 1 aliphatic heterocycles. The predicted molar refractivity (Wildman–Crippen MR) is 163 cm³/mol. The van der Waals surface area contributed by atoms with Crippen molar-refractivity contribution in [2.45, 2.75) is 12.5 Å². The van der Waals surface area contributed by atoms with Crippen LogP contribution >= 0.6 is 24.8 Å². The number of hydrogen-bond acceptors (Lipinski definition) is 5. The minimum atomic E-state index is -0.0897. The van der Waals surface area contributed by atoms with Gasteiger partial charge in [-0.15, -0.1) is 24.8 Å². The number of benzene rings is 3. The number of rotatable bonds is 11. The molecule has 0 atom stereocenters. The third kappa shape index (κ3) is 9.29. The van der Waals surface area contributed by atoms with Gasteiger partial charge >= 0.3 is 0 Å². The smallest absolute Gasteiger partial charge is 0.243 e. The molecule has 4 rings (SSSR count). The van der Waals surface area contributed by atoms with Crippen LogP contribution in [0.2, 0.25) is 0 Å². The van der Waals surface area contributed by atoms with Gasteiger partial charge in [-0.05, 0) is 47.9 Å². The Bertz CT molecular complexity index is 1110. The Morgan fingerprint density at radius 3 is 2.00 bits per heavy atom. The fraction of sp³-hybridized carbons (Fsp3) is 0.323. The Kier molecular flexibility index (Phi) is 13.9. The van der Waals surface area contributed by atoms with Crippen LogP contribution in [0.4, 0.5) is 0 Å². The summed E-state index contributed by atoms with van der Waals surface area (Å²) in [5.41, 5.74) is 3.56. The van der Waals surface area contributed by atoms with Crippen LogP contribution in [-0.2, 0) is 4.79 Å². The lowest BCUT2D eigenvalue weighted by molar-refractivity contribution is -0.116. The van der Waals surface area contributed by atoms with Gasteiger partial charge in [0.05, 0.1) is 20.3 Å². The number of carbonyl (C=O) groups excluding carboxylic acids is 1. The molecule has 1 amide bonds. The van der Waals surface area contributed by atoms with E-state index in [1.807, 2.05) is 18.2 Å². The second kappa shape index (κ2) is 16.8. The number of ether oxygens (including phenoxy) is 2. The number of methoxy groups -OCH3 is 2. The maximum atomic E-state index is 12.3. The molecule has 1 N–H and O–H groups in total. The highest BCUT2D eigenvalue weighted by atomic mass is 35.5. The Hall–Kier alpha value is -3.03. The molecule has 0 spiro atoms. The molecule has 0 radical (unpaired) electrons. The number of halogens is 2.